The first-order valence-corrected chi connectivity index (χ1v) is 10.0. The average molecular weight is 173 g/mol. The summed E-state index contributed by atoms with van der Waals surface area (Å²) in [6.07, 6.45) is 0. The van der Waals surface area contributed by atoms with Crippen molar-refractivity contribution in [2.75, 3.05) is 6.61 Å². The number of hydrogen-bond acceptors (Lipinski definition) is 1. The molecule has 1 N–H and O–H groups in total. The van der Waals surface area contributed by atoms with Gasteiger partial charge >= 0.3 is 52.9 Å². The van der Waals surface area contributed by atoms with Gasteiger partial charge in [-0.25, -0.2) is 0 Å². The molecule has 0 heterocycles. The molecule has 8 heavy (non-hydrogen) atoms. The van der Waals surface area contributed by atoms with Gasteiger partial charge in [-0.3, -0.25) is 0 Å². The van der Waals surface area contributed by atoms with E-state index in [0.717, 1.165) is 0 Å². The topological polar surface area (TPSA) is 20.2 Å². The van der Waals surface area contributed by atoms with Crippen molar-refractivity contribution >= 4 is 13.3 Å². The Labute approximate surface area is 53.5 Å². The molecule has 46 valence electrons. The molecule has 0 aliphatic heterocycles. The second-order valence-corrected chi connectivity index (χ2v) is 12.7. The molecular formula is C6H12GeO. The van der Waals surface area contributed by atoms with Gasteiger partial charge in [0, 0.05) is 0 Å². The Hall–Kier alpha value is 0.0629. The van der Waals surface area contributed by atoms with Crippen LogP contribution in [-0.2, 0) is 0 Å². The van der Waals surface area contributed by atoms with Crippen molar-refractivity contribution < 1.29 is 5.11 Å². The van der Waals surface area contributed by atoms with Crippen LogP contribution in [0.3, 0.4) is 0 Å². The van der Waals surface area contributed by atoms with Crippen LogP contribution in [0.5, 0.6) is 0 Å². The molecule has 0 saturated carbocycles. The molecule has 0 aliphatic carbocycles. The van der Waals surface area contributed by atoms with Gasteiger partial charge in [0.25, 0.3) is 0 Å². The van der Waals surface area contributed by atoms with E-state index in [-0.39, 0.29) is 6.61 Å². The number of hydrogen-bond donors (Lipinski definition) is 1. The summed E-state index contributed by atoms with van der Waals surface area (Å²) in [7, 11) is 0. The summed E-state index contributed by atoms with van der Waals surface area (Å²) in [6, 6.07) is 0. The van der Waals surface area contributed by atoms with Crippen LogP contribution in [0.1, 0.15) is 0 Å². The van der Waals surface area contributed by atoms with E-state index in [1.807, 2.05) is 0 Å². The molecule has 0 aromatic carbocycles. The van der Waals surface area contributed by atoms with Gasteiger partial charge < -0.3 is 0 Å². The summed E-state index contributed by atoms with van der Waals surface area (Å²) in [5.41, 5.74) is 0. The van der Waals surface area contributed by atoms with Crippen LogP contribution in [0.25, 0.3) is 0 Å². The van der Waals surface area contributed by atoms with E-state index in [4.69, 9.17) is 5.11 Å². The Bertz CT molecular complexity index is 113. The second kappa shape index (κ2) is 3.16. The molecule has 0 aromatic heterocycles. The van der Waals surface area contributed by atoms with Crippen LogP contribution in [-0.4, -0.2) is 25.0 Å². The van der Waals surface area contributed by atoms with E-state index in [1.165, 1.54) is 0 Å². The van der Waals surface area contributed by atoms with Gasteiger partial charge in [-0.15, -0.1) is 0 Å². The molecule has 1 nitrogen and oxygen atoms in total. The van der Waals surface area contributed by atoms with Crippen LogP contribution in [0.2, 0.25) is 17.3 Å². The first kappa shape index (κ1) is 8.06. The third-order valence-electron chi connectivity index (χ3n) is 0.542. The van der Waals surface area contributed by atoms with Crippen LogP contribution in [0, 0.1) is 10.7 Å². The number of aliphatic hydroxyl groups excluding tert-OH is 1. The molecule has 0 spiro atoms. The van der Waals surface area contributed by atoms with Gasteiger partial charge in [-0.2, -0.15) is 0 Å². The normalized spacial score (nSPS) is 10.0. The maximum atomic E-state index is 8.29. The van der Waals surface area contributed by atoms with Gasteiger partial charge in [0.2, 0.25) is 0 Å². The zero-order valence-electron chi connectivity index (χ0n) is 5.65. The SMILES string of the molecule is [CH3][Ge]([CH3])([CH3])[C]#CCO. The molecule has 0 unspecified atom stereocenters. The average Bonchev–Trinajstić information content (AvgIpc) is 1.59. The minimum absolute atomic E-state index is 0.0164. The van der Waals surface area contributed by atoms with E-state index >= 15 is 0 Å². The summed E-state index contributed by atoms with van der Waals surface area (Å²) in [5, 5.41) is 8.29. The van der Waals surface area contributed by atoms with Crippen molar-refractivity contribution in [1.29, 1.82) is 0 Å². The standard InChI is InChI=1S/C6H12GeO/c1-7(2,3)5-4-6-8/h8H,6H2,1-3H3. The third kappa shape index (κ3) is 6.06. The van der Waals surface area contributed by atoms with Crippen molar-refractivity contribution in [2.24, 2.45) is 0 Å². The molecule has 0 aliphatic rings. The number of rotatable bonds is 0. The molecule has 0 atom stereocenters. The van der Waals surface area contributed by atoms with E-state index in [0.29, 0.717) is 0 Å². The van der Waals surface area contributed by atoms with Gasteiger partial charge in [-0.05, 0) is 0 Å². The fraction of sp³-hybridized carbons (Fsp3) is 0.667. The minimum atomic E-state index is -1.63. The quantitative estimate of drug-likeness (QED) is 0.425. The van der Waals surface area contributed by atoms with E-state index in [1.54, 1.807) is 0 Å². The van der Waals surface area contributed by atoms with E-state index in [2.05, 4.69) is 27.9 Å². The summed E-state index contributed by atoms with van der Waals surface area (Å²) >= 11 is -1.63. The van der Waals surface area contributed by atoms with Gasteiger partial charge in [0.1, 0.15) is 0 Å². The molecule has 0 aromatic rings. The van der Waals surface area contributed by atoms with Crippen molar-refractivity contribution in [3.8, 4) is 10.7 Å². The van der Waals surface area contributed by atoms with E-state index in [9.17, 15) is 0 Å². The second-order valence-electron chi connectivity index (χ2n) is 2.71. The summed E-state index contributed by atoms with van der Waals surface area (Å²) in [4.78, 5) is 0. The summed E-state index contributed by atoms with van der Waals surface area (Å²) in [5.74, 6) is 9.27. The molecule has 0 fully saturated rings. The van der Waals surface area contributed by atoms with Crippen LogP contribution in [0.4, 0.5) is 0 Å². The molecule has 0 saturated heterocycles. The Morgan fingerprint density at radius 2 is 1.88 bits per heavy atom. The van der Waals surface area contributed by atoms with Crippen LogP contribution >= 0.6 is 0 Å². The zero-order valence-corrected chi connectivity index (χ0v) is 7.75. The first-order valence-electron chi connectivity index (χ1n) is 2.67. The Morgan fingerprint density at radius 3 is 2.00 bits per heavy atom. The van der Waals surface area contributed by atoms with Gasteiger partial charge in [-0.1, -0.05) is 0 Å². The van der Waals surface area contributed by atoms with Crippen LogP contribution < -0.4 is 0 Å². The Kier molecular flexibility index (Phi) is 3.19. The fourth-order valence-corrected chi connectivity index (χ4v) is 1.58. The predicted octanol–water partition coefficient (Wildman–Crippen LogP) is 0.859. The van der Waals surface area contributed by atoms with Crippen molar-refractivity contribution in [2.45, 2.75) is 17.3 Å². The fourth-order valence-electron chi connectivity index (χ4n) is 0.305. The third-order valence-corrected chi connectivity index (χ3v) is 2.49. The predicted molar refractivity (Wildman–Crippen MR) is 38.2 cm³/mol. The monoisotopic (exact) mass is 174 g/mol. The Balaban J connectivity index is 3.69. The van der Waals surface area contributed by atoms with Crippen molar-refractivity contribution in [3.63, 3.8) is 0 Å². The summed E-state index contributed by atoms with van der Waals surface area (Å²) in [6.45, 7) is 0.0164. The molecule has 0 bridgehead atoms. The molecule has 0 amide bonds. The summed E-state index contributed by atoms with van der Waals surface area (Å²) < 4.78 is 3.06. The van der Waals surface area contributed by atoms with E-state index < -0.39 is 13.3 Å². The van der Waals surface area contributed by atoms with Crippen molar-refractivity contribution in [3.05, 3.63) is 0 Å². The first-order chi connectivity index (χ1) is 3.56. The Morgan fingerprint density at radius 1 is 1.38 bits per heavy atom. The maximum absolute atomic E-state index is 8.29. The zero-order chi connectivity index (χ0) is 6.62. The number of aliphatic hydroxyl groups is 1. The van der Waals surface area contributed by atoms with Crippen molar-refractivity contribution in [1.82, 2.24) is 0 Å². The molecule has 0 radical (unpaired) electrons. The van der Waals surface area contributed by atoms with Crippen LogP contribution in [0.15, 0.2) is 0 Å². The van der Waals surface area contributed by atoms with Gasteiger partial charge in [0.15, 0.2) is 0 Å². The molecule has 0 rings (SSSR count). The molecular weight excluding hydrogens is 161 g/mol. The van der Waals surface area contributed by atoms with Gasteiger partial charge in [0.05, 0.1) is 0 Å². The molecule has 2 heteroatoms.